The first-order chi connectivity index (χ1) is 5.63. The molecule has 0 atom stereocenters. The summed E-state index contributed by atoms with van der Waals surface area (Å²) < 4.78 is 0. The van der Waals surface area contributed by atoms with Gasteiger partial charge in [0.05, 0.1) is 11.1 Å². The predicted molar refractivity (Wildman–Crippen MR) is 50.0 cm³/mol. The molecule has 14 heavy (non-hydrogen) atoms. The van der Waals surface area contributed by atoms with Gasteiger partial charge in [0, 0.05) is 0 Å². The second kappa shape index (κ2) is 6.56. The number of carboxylic acid groups (broad SMARTS) is 2. The van der Waals surface area contributed by atoms with Crippen LogP contribution in [-0.4, -0.2) is 57.2 Å². The molecule has 0 spiro atoms. The van der Waals surface area contributed by atoms with E-state index in [4.69, 9.17) is 10.2 Å². The summed E-state index contributed by atoms with van der Waals surface area (Å²) in [4.78, 5) is 20.9. The number of hydrogen-bond donors (Lipinski definition) is 2. The van der Waals surface area contributed by atoms with Crippen LogP contribution in [0.15, 0.2) is 18.2 Å². The molecule has 0 saturated heterocycles. The van der Waals surface area contributed by atoms with Gasteiger partial charge < -0.3 is 15.7 Å². The SMILES string of the molecule is O.O=C(O)c1[c]cccc1C(=O)O.[NaH]. The minimum absolute atomic E-state index is 0. The van der Waals surface area contributed by atoms with Crippen LogP contribution in [0.1, 0.15) is 20.7 Å². The predicted octanol–water partition coefficient (Wildman–Crippen LogP) is -0.590. The van der Waals surface area contributed by atoms with E-state index in [1.165, 1.54) is 18.2 Å². The third-order valence-corrected chi connectivity index (χ3v) is 1.30. The van der Waals surface area contributed by atoms with Crippen LogP contribution in [-0.2, 0) is 0 Å². The van der Waals surface area contributed by atoms with E-state index in [1.54, 1.807) is 0 Å². The summed E-state index contributed by atoms with van der Waals surface area (Å²) in [5.74, 6) is -2.54. The van der Waals surface area contributed by atoms with Gasteiger partial charge in [-0.1, -0.05) is 12.1 Å². The van der Waals surface area contributed by atoms with Gasteiger partial charge in [-0.2, -0.15) is 0 Å². The molecule has 6 heteroatoms. The van der Waals surface area contributed by atoms with Crippen LogP contribution >= 0.6 is 0 Å². The van der Waals surface area contributed by atoms with Crippen LogP contribution in [0.4, 0.5) is 0 Å². The first-order valence-electron chi connectivity index (χ1n) is 3.10. The molecule has 0 aromatic heterocycles. The van der Waals surface area contributed by atoms with E-state index < -0.39 is 11.9 Å². The standard InChI is InChI=1S/C8H5O4.Na.H2O.H/c9-7(10)5-3-1-2-4-6(5)8(11)12;;;/h1-3H,(H,9,10)(H,11,12);;1H2;. The van der Waals surface area contributed by atoms with Crippen LogP contribution in [0, 0.1) is 6.07 Å². The van der Waals surface area contributed by atoms with Gasteiger partial charge >= 0.3 is 41.5 Å². The van der Waals surface area contributed by atoms with E-state index in [1.807, 2.05) is 0 Å². The second-order valence-corrected chi connectivity index (χ2v) is 2.07. The maximum absolute atomic E-state index is 10.4. The van der Waals surface area contributed by atoms with Crippen LogP contribution in [0.25, 0.3) is 0 Å². The van der Waals surface area contributed by atoms with E-state index in [2.05, 4.69) is 6.07 Å². The Bertz CT molecular complexity index is 303. The fourth-order valence-corrected chi connectivity index (χ4v) is 0.792. The Morgan fingerprint density at radius 1 is 1.21 bits per heavy atom. The van der Waals surface area contributed by atoms with Crippen molar-refractivity contribution in [2.45, 2.75) is 0 Å². The molecule has 1 aromatic carbocycles. The molecule has 4 N–H and O–H groups in total. The maximum atomic E-state index is 10.4. The van der Waals surface area contributed by atoms with Gasteiger partial charge in [0.25, 0.3) is 0 Å². The molecular formula is C8H8NaO5. The van der Waals surface area contributed by atoms with Crippen molar-refractivity contribution in [2.24, 2.45) is 0 Å². The molecule has 0 aliphatic heterocycles. The molecule has 0 bridgehead atoms. The zero-order valence-corrected chi connectivity index (χ0v) is 6.44. The van der Waals surface area contributed by atoms with Crippen molar-refractivity contribution < 1.29 is 25.3 Å². The topological polar surface area (TPSA) is 106 Å². The van der Waals surface area contributed by atoms with E-state index >= 15 is 0 Å². The van der Waals surface area contributed by atoms with Gasteiger partial charge in [0.2, 0.25) is 0 Å². The van der Waals surface area contributed by atoms with Gasteiger partial charge in [0.1, 0.15) is 0 Å². The molecule has 5 nitrogen and oxygen atoms in total. The molecule has 71 valence electrons. The average Bonchev–Trinajstić information content (AvgIpc) is 2.04. The Morgan fingerprint density at radius 2 is 1.79 bits per heavy atom. The van der Waals surface area contributed by atoms with Crippen molar-refractivity contribution in [2.75, 3.05) is 0 Å². The van der Waals surface area contributed by atoms with Gasteiger partial charge in [-0.15, -0.1) is 0 Å². The summed E-state index contributed by atoms with van der Waals surface area (Å²) in [5.41, 5.74) is -0.560. The Hall–Kier alpha value is -0.880. The number of carboxylic acids is 2. The monoisotopic (exact) mass is 207 g/mol. The first kappa shape index (κ1) is 15.6. The molecule has 1 rings (SSSR count). The number of benzene rings is 1. The molecule has 0 heterocycles. The number of aromatic carboxylic acids is 2. The number of hydrogen-bond acceptors (Lipinski definition) is 2. The number of rotatable bonds is 2. The zero-order valence-electron chi connectivity index (χ0n) is 6.44. The zero-order chi connectivity index (χ0) is 9.14. The summed E-state index contributed by atoms with van der Waals surface area (Å²) in [6, 6.07) is 6.35. The van der Waals surface area contributed by atoms with Crippen LogP contribution in [0.2, 0.25) is 0 Å². The summed E-state index contributed by atoms with van der Waals surface area (Å²) in [6.45, 7) is 0. The molecular weight excluding hydrogens is 199 g/mol. The van der Waals surface area contributed by atoms with Crippen LogP contribution in [0.5, 0.6) is 0 Å². The minimum atomic E-state index is -1.28. The molecule has 0 saturated carbocycles. The number of carbonyl (C=O) groups is 2. The summed E-state index contributed by atoms with van der Waals surface area (Å²) in [7, 11) is 0. The Kier molecular flexibility index (Phi) is 7.30. The van der Waals surface area contributed by atoms with Crippen LogP contribution < -0.4 is 0 Å². The van der Waals surface area contributed by atoms with Crippen molar-refractivity contribution in [1.29, 1.82) is 0 Å². The quantitative estimate of drug-likeness (QED) is 0.632. The normalized spacial score (nSPS) is 8.00. The van der Waals surface area contributed by atoms with Gasteiger partial charge in [-0.3, -0.25) is 0 Å². The van der Waals surface area contributed by atoms with Crippen molar-refractivity contribution >= 4 is 41.5 Å². The molecule has 0 amide bonds. The third kappa shape index (κ3) is 3.47. The van der Waals surface area contributed by atoms with Crippen LogP contribution in [0.3, 0.4) is 0 Å². The fraction of sp³-hybridized carbons (Fsp3) is 0. The van der Waals surface area contributed by atoms with Crippen molar-refractivity contribution in [3.8, 4) is 0 Å². The van der Waals surface area contributed by atoms with Crippen molar-refractivity contribution in [1.82, 2.24) is 0 Å². The average molecular weight is 207 g/mol. The summed E-state index contributed by atoms with van der Waals surface area (Å²) >= 11 is 0. The Labute approximate surface area is 102 Å². The third-order valence-electron chi connectivity index (χ3n) is 1.30. The van der Waals surface area contributed by atoms with E-state index in [0.717, 1.165) is 0 Å². The van der Waals surface area contributed by atoms with Crippen molar-refractivity contribution in [3.63, 3.8) is 0 Å². The van der Waals surface area contributed by atoms with E-state index in [-0.39, 0.29) is 46.2 Å². The molecule has 0 unspecified atom stereocenters. The van der Waals surface area contributed by atoms with Gasteiger partial charge in [-0.25, -0.2) is 9.59 Å². The Balaban J connectivity index is 0. The molecule has 0 fully saturated rings. The van der Waals surface area contributed by atoms with Gasteiger partial charge in [-0.05, 0) is 12.1 Å². The molecule has 1 radical (unpaired) electrons. The van der Waals surface area contributed by atoms with E-state index in [0.29, 0.717) is 0 Å². The van der Waals surface area contributed by atoms with Crippen molar-refractivity contribution in [3.05, 3.63) is 35.4 Å². The molecule has 1 aromatic rings. The summed E-state index contributed by atoms with van der Waals surface area (Å²) in [5, 5.41) is 17.1. The molecule has 0 aliphatic rings. The Morgan fingerprint density at radius 3 is 2.14 bits per heavy atom. The summed E-state index contributed by atoms with van der Waals surface area (Å²) in [6.07, 6.45) is 0. The first-order valence-corrected chi connectivity index (χ1v) is 3.10. The van der Waals surface area contributed by atoms with E-state index in [9.17, 15) is 9.59 Å². The molecule has 0 aliphatic carbocycles. The van der Waals surface area contributed by atoms with Gasteiger partial charge in [0.15, 0.2) is 0 Å². The second-order valence-electron chi connectivity index (χ2n) is 2.07. The fourth-order valence-electron chi connectivity index (χ4n) is 0.792.